The molecule has 0 saturated heterocycles. The number of nitro groups is 1. The van der Waals surface area contributed by atoms with Gasteiger partial charge in [-0.15, -0.1) is 0 Å². The van der Waals surface area contributed by atoms with Crippen molar-refractivity contribution < 1.29 is 27.0 Å². The topological polar surface area (TPSA) is 121 Å². The monoisotopic (exact) mass is 465 g/mol. The summed E-state index contributed by atoms with van der Waals surface area (Å²) >= 11 is 0. The quantitative estimate of drug-likeness (QED) is 0.168. The molecule has 33 heavy (non-hydrogen) atoms. The Kier molecular flexibility index (Phi) is 7.50. The first-order valence-electron chi connectivity index (χ1n) is 9.62. The van der Waals surface area contributed by atoms with Gasteiger partial charge in [0, 0.05) is 18.2 Å². The van der Waals surface area contributed by atoms with Crippen molar-refractivity contribution >= 4 is 38.9 Å². The van der Waals surface area contributed by atoms with Crippen LogP contribution in [0.3, 0.4) is 0 Å². The number of hydrogen-bond donors (Lipinski definition) is 0. The third-order valence-electron chi connectivity index (χ3n) is 4.44. The fraction of sp³-hybridized carbons (Fsp3) is 0.0417. The summed E-state index contributed by atoms with van der Waals surface area (Å²) in [5.41, 5.74) is 1.26. The van der Waals surface area contributed by atoms with Gasteiger partial charge in [-0.05, 0) is 23.8 Å². The number of para-hydroxylation sites is 2. The SMILES string of the molecule is COc1cc(C=Cc2ccccc2)[o+]c2ccccc12.O=[N+]([O-])c1ccccc1S(=O)(=O)[O-]. The fourth-order valence-electron chi connectivity index (χ4n) is 2.94. The number of hydrogen-bond acceptors (Lipinski definition) is 6. The van der Waals surface area contributed by atoms with Crippen molar-refractivity contribution in [2.75, 3.05) is 7.11 Å². The van der Waals surface area contributed by atoms with Crippen LogP contribution < -0.4 is 4.74 Å². The fourth-order valence-corrected chi connectivity index (χ4v) is 3.58. The van der Waals surface area contributed by atoms with Crippen LogP contribution in [-0.4, -0.2) is 25.0 Å². The van der Waals surface area contributed by atoms with Gasteiger partial charge in [0.2, 0.25) is 0 Å². The smallest absolute Gasteiger partial charge is 0.364 e. The molecule has 0 aliphatic carbocycles. The lowest BCUT2D eigenvalue weighted by Crippen LogP contribution is -2.02. The molecule has 1 aromatic heterocycles. The molecule has 4 rings (SSSR count). The minimum atomic E-state index is -4.77. The number of nitro benzene ring substituents is 1. The van der Waals surface area contributed by atoms with E-state index in [4.69, 9.17) is 9.15 Å². The first-order valence-corrected chi connectivity index (χ1v) is 11.0. The molecule has 0 radical (unpaired) electrons. The van der Waals surface area contributed by atoms with Gasteiger partial charge in [-0.25, -0.2) is 12.8 Å². The lowest BCUT2D eigenvalue weighted by Gasteiger charge is -2.06. The van der Waals surface area contributed by atoms with Gasteiger partial charge in [0.1, 0.15) is 26.1 Å². The van der Waals surface area contributed by atoms with E-state index < -0.39 is 25.6 Å². The van der Waals surface area contributed by atoms with Gasteiger partial charge in [0.15, 0.2) is 0 Å². The van der Waals surface area contributed by atoms with Gasteiger partial charge < -0.3 is 9.29 Å². The van der Waals surface area contributed by atoms with E-state index in [0.29, 0.717) is 0 Å². The molecule has 8 nitrogen and oxygen atoms in total. The zero-order valence-electron chi connectivity index (χ0n) is 17.5. The van der Waals surface area contributed by atoms with Crippen molar-refractivity contribution in [3.05, 3.63) is 106 Å². The van der Waals surface area contributed by atoms with Crippen molar-refractivity contribution in [3.8, 4) is 5.75 Å². The highest BCUT2D eigenvalue weighted by Crippen LogP contribution is 2.28. The molecule has 0 saturated carbocycles. The summed E-state index contributed by atoms with van der Waals surface area (Å²) in [6.45, 7) is 0. The third kappa shape index (κ3) is 6.22. The van der Waals surface area contributed by atoms with Gasteiger partial charge in [0.25, 0.3) is 5.69 Å². The van der Waals surface area contributed by atoms with Crippen LogP contribution in [-0.2, 0) is 10.1 Å². The maximum Gasteiger partial charge on any atom is 0.364 e. The van der Waals surface area contributed by atoms with Crippen molar-refractivity contribution in [1.29, 1.82) is 0 Å². The third-order valence-corrected chi connectivity index (χ3v) is 5.33. The summed E-state index contributed by atoms with van der Waals surface area (Å²) < 4.78 is 42.8. The Hall–Kier alpha value is -4.08. The zero-order chi connectivity index (χ0) is 23.8. The Bertz CT molecular complexity index is 1400. The average Bonchev–Trinajstić information content (AvgIpc) is 2.82. The van der Waals surface area contributed by atoms with E-state index in [1.807, 2.05) is 60.7 Å². The molecule has 3 aromatic carbocycles. The summed E-state index contributed by atoms with van der Waals surface area (Å²) in [4.78, 5) is 8.55. The van der Waals surface area contributed by atoms with E-state index >= 15 is 0 Å². The van der Waals surface area contributed by atoms with E-state index in [1.54, 1.807) is 7.11 Å². The molecular formula is C24H19NO7S. The number of ether oxygens (including phenoxy) is 1. The molecule has 0 amide bonds. The molecule has 4 aromatic rings. The summed E-state index contributed by atoms with van der Waals surface area (Å²) in [6.07, 6.45) is 3.97. The van der Waals surface area contributed by atoms with Crippen LogP contribution in [0.1, 0.15) is 11.3 Å². The zero-order valence-corrected chi connectivity index (χ0v) is 18.3. The van der Waals surface area contributed by atoms with E-state index in [9.17, 15) is 23.1 Å². The molecule has 0 N–H and O–H groups in total. The van der Waals surface area contributed by atoms with Crippen LogP contribution in [0.25, 0.3) is 23.1 Å². The van der Waals surface area contributed by atoms with Gasteiger partial charge >= 0.3 is 11.3 Å². The molecular weight excluding hydrogens is 446 g/mol. The molecule has 1 heterocycles. The number of nitrogens with zero attached hydrogens (tertiary/aromatic N) is 1. The van der Waals surface area contributed by atoms with Crippen LogP contribution in [0.4, 0.5) is 5.69 Å². The second-order valence-corrected chi connectivity index (χ2v) is 7.98. The molecule has 0 fully saturated rings. The van der Waals surface area contributed by atoms with E-state index in [-0.39, 0.29) is 0 Å². The van der Waals surface area contributed by atoms with Crippen molar-refractivity contribution in [3.63, 3.8) is 0 Å². The molecule has 9 heteroatoms. The van der Waals surface area contributed by atoms with Gasteiger partial charge in [-0.3, -0.25) is 10.1 Å². The number of benzene rings is 3. The second-order valence-electron chi connectivity index (χ2n) is 6.64. The largest absolute Gasteiger partial charge is 0.744 e. The first-order chi connectivity index (χ1) is 15.8. The van der Waals surface area contributed by atoms with E-state index in [0.717, 1.165) is 40.2 Å². The highest BCUT2D eigenvalue weighted by molar-refractivity contribution is 7.85. The Morgan fingerprint density at radius 2 is 1.55 bits per heavy atom. The highest BCUT2D eigenvalue weighted by Gasteiger charge is 2.17. The predicted octanol–water partition coefficient (Wildman–Crippen LogP) is 5.39. The molecule has 0 atom stereocenters. The van der Waals surface area contributed by atoms with Gasteiger partial charge in [-0.2, -0.15) is 0 Å². The Balaban J connectivity index is 0.000000205. The molecule has 0 unspecified atom stereocenters. The normalized spacial score (nSPS) is 11.1. The van der Waals surface area contributed by atoms with Crippen LogP contribution in [0, 0.1) is 10.1 Å². The number of fused-ring (bicyclic) bond motifs is 1. The molecule has 0 bridgehead atoms. The molecule has 0 aliphatic rings. The predicted molar refractivity (Wildman–Crippen MR) is 124 cm³/mol. The summed E-state index contributed by atoms with van der Waals surface area (Å²) in [5, 5.41) is 11.2. The minimum Gasteiger partial charge on any atom is -0.744 e. The van der Waals surface area contributed by atoms with Crippen LogP contribution in [0.5, 0.6) is 5.75 Å². The summed E-state index contributed by atoms with van der Waals surface area (Å²) in [5.74, 6) is 1.59. The second kappa shape index (κ2) is 10.5. The Morgan fingerprint density at radius 1 is 0.909 bits per heavy atom. The lowest BCUT2D eigenvalue weighted by atomic mass is 10.2. The molecule has 168 valence electrons. The maximum absolute atomic E-state index is 10.5. The Morgan fingerprint density at radius 3 is 2.18 bits per heavy atom. The van der Waals surface area contributed by atoms with Gasteiger partial charge in [0.05, 0.1) is 18.1 Å². The standard InChI is InChI=1S/C18H15O2.C6H5NO5S/c1-19-18-13-15(12-11-14-7-3-2-4-8-14)20-17-10-6-5-9-16(17)18;8-7(9)5-3-1-2-4-6(5)13(10,11)12/h2-13H,1H3;1-4H,(H,10,11,12)/q+1;/p-1. The highest BCUT2D eigenvalue weighted by atomic mass is 32.2. The van der Waals surface area contributed by atoms with Crippen molar-refractivity contribution in [1.82, 2.24) is 0 Å². The molecule has 0 aliphatic heterocycles. The lowest BCUT2D eigenvalue weighted by molar-refractivity contribution is -0.387. The van der Waals surface area contributed by atoms with Crippen LogP contribution in [0.2, 0.25) is 0 Å². The minimum absolute atomic E-state index is 0.697. The number of methoxy groups -OCH3 is 1. The maximum atomic E-state index is 10.5. The van der Waals surface area contributed by atoms with Crippen LogP contribution in [0.15, 0.2) is 94.2 Å². The van der Waals surface area contributed by atoms with Crippen molar-refractivity contribution in [2.45, 2.75) is 4.90 Å². The number of rotatable bonds is 5. The summed E-state index contributed by atoms with van der Waals surface area (Å²) in [6, 6.07) is 24.3. The van der Waals surface area contributed by atoms with Crippen molar-refractivity contribution in [2.24, 2.45) is 0 Å². The van der Waals surface area contributed by atoms with E-state index in [1.165, 1.54) is 12.1 Å². The van der Waals surface area contributed by atoms with Crippen LogP contribution >= 0.6 is 0 Å². The summed E-state index contributed by atoms with van der Waals surface area (Å²) in [7, 11) is -3.10. The van der Waals surface area contributed by atoms with E-state index in [2.05, 4.69) is 12.1 Å². The Labute approximate surface area is 190 Å². The molecule has 0 spiro atoms. The average molecular weight is 465 g/mol. The first kappa shape index (κ1) is 23.6. The van der Waals surface area contributed by atoms with Gasteiger partial charge in [-0.1, -0.05) is 54.6 Å².